The van der Waals surface area contributed by atoms with Crippen molar-refractivity contribution in [2.45, 2.75) is 47.5 Å². The summed E-state index contributed by atoms with van der Waals surface area (Å²) >= 11 is 0. The Morgan fingerprint density at radius 3 is 2.53 bits per heavy atom. The van der Waals surface area contributed by atoms with E-state index in [1.165, 1.54) is 0 Å². The molecule has 0 bridgehead atoms. The number of hydrogen-bond donors (Lipinski definition) is 2. The van der Waals surface area contributed by atoms with E-state index in [-0.39, 0.29) is 16.7 Å². The highest BCUT2D eigenvalue weighted by atomic mass is 16.2. The zero-order valence-corrected chi connectivity index (χ0v) is 12.0. The van der Waals surface area contributed by atoms with E-state index in [1.807, 2.05) is 0 Å². The minimum atomic E-state index is -0.160. The summed E-state index contributed by atoms with van der Waals surface area (Å²) in [6.07, 6.45) is 1.89. The molecule has 1 heterocycles. The number of hydrogen-bond acceptors (Lipinski definition) is 2. The normalized spacial score (nSPS) is 25.3. The van der Waals surface area contributed by atoms with Gasteiger partial charge in [-0.25, -0.2) is 0 Å². The maximum Gasteiger partial charge on any atom is 0.227 e. The fraction of sp³-hybridized carbons (Fsp3) is 0.929. The first-order valence-corrected chi connectivity index (χ1v) is 6.83. The van der Waals surface area contributed by atoms with E-state index in [9.17, 15) is 4.79 Å². The van der Waals surface area contributed by atoms with Gasteiger partial charge in [0.05, 0.1) is 5.41 Å². The summed E-state index contributed by atoms with van der Waals surface area (Å²) in [4.78, 5) is 12.3. The molecule has 2 N–H and O–H groups in total. The average molecular weight is 240 g/mol. The van der Waals surface area contributed by atoms with Gasteiger partial charge in [-0.3, -0.25) is 4.79 Å². The molecule has 0 aliphatic carbocycles. The Bertz CT molecular complexity index is 265. The monoisotopic (exact) mass is 240 g/mol. The Morgan fingerprint density at radius 2 is 2.12 bits per heavy atom. The fourth-order valence-corrected chi connectivity index (χ4v) is 2.10. The van der Waals surface area contributed by atoms with Crippen LogP contribution in [0.1, 0.15) is 47.5 Å². The van der Waals surface area contributed by atoms with Crippen molar-refractivity contribution in [1.82, 2.24) is 10.6 Å². The van der Waals surface area contributed by atoms with Crippen molar-refractivity contribution >= 4 is 5.91 Å². The zero-order chi connectivity index (χ0) is 13.1. The molecule has 3 heteroatoms. The Kier molecular flexibility index (Phi) is 4.59. The van der Waals surface area contributed by atoms with Gasteiger partial charge in [-0.2, -0.15) is 0 Å². The summed E-state index contributed by atoms with van der Waals surface area (Å²) in [6, 6.07) is 0. The number of amides is 1. The Hall–Kier alpha value is -0.570. The van der Waals surface area contributed by atoms with Crippen LogP contribution in [0.15, 0.2) is 0 Å². The smallest absolute Gasteiger partial charge is 0.227 e. The van der Waals surface area contributed by atoms with E-state index in [0.29, 0.717) is 5.92 Å². The molecule has 1 atom stereocenters. The molecule has 0 saturated carbocycles. The zero-order valence-electron chi connectivity index (χ0n) is 12.0. The summed E-state index contributed by atoms with van der Waals surface area (Å²) in [7, 11) is 0. The van der Waals surface area contributed by atoms with Gasteiger partial charge in [0, 0.05) is 13.1 Å². The van der Waals surface area contributed by atoms with Crippen LogP contribution in [-0.2, 0) is 4.79 Å². The van der Waals surface area contributed by atoms with Gasteiger partial charge < -0.3 is 10.6 Å². The maximum absolute atomic E-state index is 12.3. The first-order chi connectivity index (χ1) is 7.84. The van der Waals surface area contributed by atoms with Crippen molar-refractivity contribution in [1.29, 1.82) is 0 Å². The van der Waals surface area contributed by atoms with Gasteiger partial charge in [0.2, 0.25) is 5.91 Å². The van der Waals surface area contributed by atoms with Crippen molar-refractivity contribution in [3.8, 4) is 0 Å². The lowest BCUT2D eigenvalue weighted by Crippen LogP contribution is -2.46. The third-order valence-corrected chi connectivity index (χ3v) is 4.67. The van der Waals surface area contributed by atoms with Crippen molar-refractivity contribution in [2.75, 3.05) is 19.6 Å². The Labute approximate surface area is 106 Å². The number of carbonyl (C=O) groups is 1. The third-order valence-electron chi connectivity index (χ3n) is 4.67. The third kappa shape index (κ3) is 3.21. The van der Waals surface area contributed by atoms with Crippen LogP contribution < -0.4 is 10.6 Å². The Balaban J connectivity index is 2.54. The van der Waals surface area contributed by atoms with Crippen molar-refractivity contribution in [3.05, 3.63) is 0 Å². The van der Waals surface area contributed by atoms with Gasteiger partial charge in [0.1, 0.15) is 0 Å². The molecule has 100 valence electrons. The Morgan fingerprint density at radius 1 is 1.47 bits per heavy atom. The standard InChI is InChI=1S/C14H28N2O/c1-6-14(7-8-15-10-14)12(17)16-9-13(4,5)11(2)3/h11,15H,6-10H2,1-5H3,(H,16,17). The molecule has 0 aromatic rings. The molecule has 1 saturated heterocycles. The molecule has 1 rings (SSSR count). The van der Waals surface area contributed by atoms with E-state index in [4.69, 9.17) is 0 Å². The second kappa shape index (κ2) is 5.38. The number of nitrogens with one attached hydrogen (secondary N) is 2. The van der Waals surface area contributed by atoms with Crippen LogP contribution in [0.4, 0.5) is 0 Å². The first-order valence-electron chi connectivity index (χ1n) is 6.83. The lowest BCUT2D eigenvalue weighted by atomic mass is 9.79. The highest BCUT2D eigenvalue weighted by Crippen LogP contribution is 2.30. The largest absolute Gasteiger partial charge is 0.355 e. The average Bonchev–Trinajstić information content (AvgIpc) is 2.75. The second-order valence-electron chi connectivity index (χ2n) is 6.39. The molecule has 17 heavy (non-hydrogen) atoms. The molecule has 0 spiro atoms. The molecule has 1 unspecified atom stereocenters. The molecule has 1 aliphatic rings. The molecule has 0 aromatic carbocycles. The van der Waals surface area contributed by atoms with Gasteiger partial charge in [0.25, 0.3) is 0 Å². The lowest BCUT2D eigenvalue weighted by Gasteiger charge is -2.32. The molecular weight excluding hydrogens is 212 g/mol. The first kappa shape index (κ1) is 14.5. The lowest BCUT2D eigenvalue weighted by molar-refractivity contribution is -0.130. The summed E-state index contributed by atoms with van der Waals surface area (Å²) < 4.78 is 0. The molecule has 0 radical (unpaired) electrons. The minimum Gasteiger partial charge on any atom is -0.355 e. The highest BCUT2D eigenvalue weighted by Gasteiger charge is 2.39. The maximum atomic E-state index is 12.3. The second-order valence-corrected chi connectivity index (χ2v) is 6.39. The number of rotatable bonds is 5. The van der Waals surface area contributed by atoms with Crippen LogP contribution in [0.5, 0.6) is 0 Å². The van der Waals surface area contributed by atoms with Gasteiger partial charge >= 0.3 is 0 Å². The quantitative estimate of drug-likeness (QED) is 0.773. The van der Waals surface area contributed by atoms with Crippen molar-refractivity contribution in [3.63, 3.8) is 0 Å². The number of carbonyl (C=O) groups excluding carboxylic acids is 1. The summed E-state index contributed by atoms with van der Waals surface area (Å²) in [5, 5.41) is 6.46. The minimum absolute atomic E-state index is 0.160. The van der Waals surface area contributed by atoms with Gasteiger partial charge in [0.15, 0.2) is 0 Å². The predicted octanol–water partition coefficient (Wildman–Crippen LogP) is 2.17. The van der Waals surface area contributed by atoms with Crippen LogP contribution in [0.3, 0.4) is 0 Å². The van der Waals surface area contributed by atoms with E-state index >= 15 is 0 Å². The van der Waals surface area contributed by atoms with Crippen LogP contribution in [0.2, 0.25) is 0 Å². The van der Waals surface area contributed by atoms with Crippen LogP contribution >= 0.6 is 0 Å². The van der Waals surface area contributed by atoms with E-state index in [0.717, 1.165) is 32.5 Å². The fourth-order valence-electron chi connectivity index (χ4n) is 2.10. The van der Waals surface area contributed by atoms with Crippen molar-refractivity contribution < 1.29 is 4.79 Å². The van der Waals surface area contributed by atoms with Crippen LogP contribution in [-0.4, -0.2) is 25.5 Å². The highest BCUT2D eigenvalue weighted by molar-refractivity contribution is 5.83. The van der Waals surface area contributed by atoms with Crippen LogP contribution in [0.25, 0.3) is 0 Å². The molecule has 0 aromatic heterocycles. The molecule has 1 amide bonds. The summed E-state index contributed by atoms with van der Waals surface area (Å²) in [6.45, 7) is 13.5. The molecular formula is C14H28N2O. The molecule has 1 fully saturated rings. The van der Waals surface area contributed by atoms with E-state index < -0.39 is 0 Å². The summed E-state index contributed by atoms with van der Waals surface area (Å²) in [5.41, 5.74) is 0.00365. The predicted molar refractivity (Wildman–Crippen MR) is 71.8 cm³/mol. The van der Waals surface area contributed by atoms with Gasteiger partial charge in [-0.05, 0) is 30.7 Å². The summed E-state index contributed by atoms with van der Waals surface area (Å²) in [5.74, 6) is 0.806. The van der Waals surface area contributed by atoms with E-state index in [1.54, 1.807) is 0 Å². The SMILES string of the molecule is CCC1(C(=O)NCC(C)(C)C(C)C)CCNC1. The topological polar surface area (TPSA) is 41.1 Å². The van der Waals surface area contributed by atoms with Gasteiger partial charge in [-0.1, -0.05) is 34.6 Å². The molecule has 3 nitrogen and oxygen atoms in total. The van der Waals surface area contributed by atoms with Crippen LogP contribution in [0, 0.1) is 16.7 Å². The van der Waals surface area contributed by atoms with Crippen molar-refractivity contribution in [2.24, 2.45) is 16.7 Å². The van der Waals surface area contributed by atoms with Gasteiger partial charge in [-0.15, -0.1) is 0 Å². The van der Waals surface area contributed by atoms with E-state index in [2.05, 4.69) is 45.3 Å². The molecule has 1 aliphatic heterocycles.